The van der Waals surface area contributed by atoms with Crippen LogP contribution in [0.2, 0.25) is 0 Å². The molecule has 1 aliphatic rings. The normalized spacial score (nSPS) is 15.6. The summed E-state index contributed by atoms with van der Waals surface area (Å²) in [5.41, 5.74) is -0.00973. The summed E-state index contributed by atoms with van der Waals surface area (Å²) in [7, 11) is 2.32. The smallest absolute Gasteiger partial charge is 0.185 e. The molecule has 258 valence electrons. The van der Waals surface area contributed by atoms with Gasteiger partial charge in [-0.25, -0.2) is 4.99 Å². The third kappa shape index (κ3) is 21.3. The van der Waals surface area contributed by atoms with Gasteiger partial charge in [-0.05, 0) is 37.5 Å². The van der Waals surface area contributed by atoms with Gasteiger partial charge in [0, 0.05) is 17.5 Å². The average molecular weight is 629 g/mol. The van der Waals surface area contributed by atoms with Crippen LogP contribution in [0.1, 0.15) is 189 Å². The molecule has 0 saturated heterocycles. The van der Waals surface area contributed by atoms with Crippen molar-refractivity contribution >= 4 is 18.1 Å². The van der Waals surface area contributed by atoms with Gasteiger partial charge in [-0.2, -0.15) is 0 Å². The highest BCUT2D eigenvalue weighted by molar-refractivity contribution is 5.99. The maximum Gasteiger partial charge on any atom is 0.185 e. The van der Waals surface area contributed by atoms with E-state index in [0.29, 0.717) is 12.0 Å². The van der Waals surface area contributed by atoms with E-state index >= 15 is 0 Å². The van der Waals surface area contributed by atoms with Crippen LogP contribution >= 0.6 is 0 Å². The summed E-state index contributed by atoms with van der Waals surface area (Å²) in [6, 6.07) is 3.88. The third-order valence-electron chi connectivity index (χ3n) is 9.17. The molecule has 45 heavy (non-hydrogen) atoms. The number of ketones is 1. The van der Waals surface area contributed by atoms with Crippen LogP contribution in [0.25, 0.3) is 0 Å². The number of Topliss-reactive ketones (excluding diaryl/α,β-unsaturated/α-hetero) is 1. The van der Waals surface area contributed by atoms with Gasteiger partial charge in [0.25, 0.3) is 0 Å². The summed E-state index contributed by atoms with van der Waals surface area (Å²) in [4.78, 5) is 27.3. The second-order valence-electron chi connectivity index (χ2n) is 13.6. The highest BCUT2D eigenvalue weighted by Gasteiger charge is 2.22. The van der Waals surface area contributed by atoms with Gasteiger partial charge in [-0.3, -0.25) is 9.28 Å². The van der Waals surface area contributed by atoms with Crippen molar-refractivity contribution in [1.82, 2.24) is 0 Å². The fourth-order valence-corrected chi connectivity index (χ4v) is 6.05. The minimum absolute atomic E-state index is 0.0876. The van der Waals surface area contributed by atoms with Crippen LogP contribution in [0.4, 0.5) is 0 Å². The van der Waals surface area contributed by atoms with Gasteiger partial charge in [0.15, 0.2) is 12.1 Å². The number of carboxylic acids is 1. The van der Waals surface area contributed by atoms with E-state index in [1.807, 2.05) is 0 Å². The predicted octanol–water partition coefficient (Wildman–Crippen LogP) is 9.82. The summed E-state index contributed by atoms with van der Waals surface area (Å²) < 4.78 is 1.08. The number of benzene rings is 1. The fourth-order valence-electron chi connectivity index (χ4n) is 6.05. The Morgan fingerprint density at radius 2 is 1.16 bits per heavy atom. The average Bonchev–Trinajstić information content (AvgIpc) is 3.47. The maximum absolute atomic E-state index is 12.0. The highest BCUT2D eigenvalue weighted by atomic mass is 16.4. The molecule has 1 unspecified atom stereocenters. The summed E-state index contributed by atoms with van der Waals surface area (Å²) >= 11 is 0. The molecule has 1 N–H and O–H groups in total. The van der Waals surface area contributed by atoms with E-state index in [9.17, 15) is 19.8 Å². The van der Waals surface area contributed by atoms with E-state index in [4.69, 9.17) is 0 Å². The topological polar surface area (TPSA) is 89.8 Å². The highest BCUT2D eigenvalue weighted by Crippen LogP contribution is 2.20. The molecule has 0 fully saturated rings. The molecular formula is C39H68N2O4. The van der Waals surface area contributed by atoms with E-state index < -0.39 is 5.97 Å². The van der Waals surface area contributed by atoms with Crippen LogP contribution in [0.15, 0.2) is 23.2 Å². The lowest BCUT2D eigenvalue weighted by molar-refractivity contribution is -0.807. The molecule has 1 aromatic rings. The van der Waals surface area contributed by atoms with E-state index in [1.165, 1.54) is 160 Å². The van der Waals surface area contributed by atoms with Crippen LogP contribution in [-0.4, -0.2) is 54.4 Å². The maximum atomic E-state index is 12.0. The molecule has 1 aromatic carbocycles. The Balaban J connectivity index is 0.000000450. The number of carbonyl (C=O) groups excluding carboxylic acids is 2. The van der Waals surface area contributed by atoms with Crippen molar-refractivity contribution in [2.45, 2.75) is 168 Å². The van der Waals surface area contributed by atoms with Gasteiger partial charge >= 0.3 is 0 Å². The quantitative estimate of drug-likeness (QED) is 0.0596. The number of hydrogen-bond donors (Lipinski definition) is 1. The number of rotatable bonds is 27. The standard InChI is InChI=1S/C20H41N2.C19H28O4/c1-3-4-5-6-7-8-9-10-11-12-13-14-15-16-18-22(2)19-17-21-20-22;1-2-3-4-5-6-7-8-9-10-11-17(20)15-12-13-18(21)16(14-15)19(22)23/h20H,3-19H2,1-2H3;12-14,21H,2-11H2,1H3,(H,22,23)/q+1;/p-1. The zero-order chi connectivity index (χ0) is 33.0. The number of nitrogens with zero attached hydrogens (tertiary/aromatic N) is 2. The Morgan fingerprint density at radius 1 is 0.711 bits per heavy atom. The predicted molar refractivity (Wildman–Crippen MR) is 188 cm³/mol. The molecule has 0 saturated carbocycles. The molecule has 1 aliphatic heterocycles. The lowest BCUT2D eigenvalue weighted by Crippen LogP contribution is -2.41. The molecule has 6 nitrogen and oxygen atoms in total. The van der Waals surface area contributed by atoms with Crippen LogP contribution in [0.5, 0.6) is 5.75 Å². The van der Waals surface area contributed by atoms with Gasteiger partial charge in [0.2, 0.25) is 0 Å². The Labute approximate surface area is 276 Å². The van der Waals surface area contributed by atoms with Crippen molar-refractivity contribution in [1.29, 1.82) is 0 Å². The summed E-state index contributed by atoms with van der Waals surface area (Å²) in [5, 5.41) is 20.2. The summed E-state index contributed by atoms with van der Waals surface area (Å²) in [6.07, 6.45) is 33.4. The van der Waals surface area contributed by atoms with E-state index in [-0.39, 0.29) is 17.1 Å². The van der Waals surface area contributed by atoms with Crippen molar-refractivity contribution in [2.75, 3.05) is 26.7 Å². The first-order valence-electron chi connectivity index (χ1n) is 18.8. The van der Waals surface area contributed by atoms with E-state index in [0.717, 1.165) is 30.3 Å². The van der Waals surface area contributed by atoms with E-state index in [2.05, 4.69) is 32.2 Å². The number of phenols is 1. The first-order chi connectivity index (χ1) is 21.8. The minimum Gasteiger partial charge on any atom is -0.545 e. The number of aliphatic imine (C=N–C) groups is 1. The van der Waals surface area contributed by atoms with Crippen molar-refractivity contribution in [3.8, 4) is 5.75 Å². The molecule has 0 amide bonds. The second-order valence-corrected chi connectivity index (χ2v) is 13.6. The monoisotopic (exact) mass is 629 g/mol. The van der Waals surface area contributed by atoms with Crippen molar-refractivity contribution in [3.05, 3.63) is 29.3 Å². The molecule has 6 heteroatoms. The van der Waals surface area contributed by atoms with Crippen molar-refractivity contribution in [2.24, 2.45) is 4.99 Å². The van der Waals surface area contributed by atoms with E-state index in [1.54, 1.807) is 0 Å². The Morgan fingerprint density at radius 3 is 1.58 bits per heavy atom. The SMILES string of the molecule is CCCCCCCCCCCC(=O)c1ccc(O)c(C(=O)[O-])c1.CCCCCCCCCCCCCCCC[N+]1(C)C=NCC1. The van der Waals surface area contributed by atoms with Gasteiger partial charge in [0.1, 0.15) is 12.3 Å². The molecule has 0 aromatic heterocycles. The molecule has 0 bridgehead atoms. The largest absolute Gasteiger partial charge is 0.545 e. The number of carboxylic acid groups (broad SMARTS) is 1. The first-order valence-corrected chi connectivity index (χ1v) is 18.8. The second kappa shape index (κ2) is 27.0. The summed E-state index contributed by atoms with van der Waals surface area (Å²) in [6.45, 7) is 8.05. The Bertz CT molecular complexity index is 932. The number of unbranched alkanes of at least 4 members (excludes halogenated alkanes) is 21. The van der Waals surface area contributed by atoms with Crippen LogP contribution in [0, 0.1) is 0 Å². The molecule has 1 atom stereocenters. The molecule has 2 rings (SSSR count). The van der Waals surface area contributed by atoms with Crippen LogP contribution < -0.4 is 5.11 Å². The number of aromatic carboxylic acids is 1. The van der Waals surface area contributed by atoms with Crippen molar-refractivity contribution < 1.29 is 24.3 Å². The number of carbonyl (C=O) groups is 2. The molecule has 0 spiro atoms. The molecule has 0 radical (unpaired) electrons. The number of hydrogen-bond acceptors (Lipinski definition) is 5. The zero-order valence-corrected chi connectivity index (χ0v) is 29.5. The van der Waals surface area contributed by atoms with Crippen LogP contribution in [0.3, 0.4) is 0 Å². The Kier molecular flexibility index (Phi) is 24.4. The molecule has 1 heterocycles. The van der Waals surface area contributed by atoms with Gasteiger partial charge < -0.3 is 15.0 Å². The molecule has 0 aliphatic carbocycles. The lowest BCUT2D eigenvalue weighted by Gasteiger charge is -2.24. The van der Waals surface area contributed by atoms with Crippen LogP contribution in [-0.2, 0) is 0 Å². The Hall–Kier alpha value is -2.21. The van der Waals surface area contributed by atoms with Crippen molar-refractivity contribution in [3.63, 3.8) is 0 Å². The minimum atomic E-state index is -1.47. The number of quaternary nitrogens is 1. The first kappa shape index (κ1) is 40.8. The molecular weight excluding hydrogens is 560 g/mol. The summed E-state index contributed by atoms with van der Waals surface area (Å²) in [5.74, 6) is -1.93. The van der Waals surface area contributed by atoms with Gasteiger partial charge in [-0.15, -0.1) is 0 Å². The zero-order valence-electron chi connectivity index (χ0n) is 29.5. The lowest BCUT2D eigenvalue weighted by atomic mass is 10.0. The third-order valence-corrected chi connectivity index (χ3v) is 9.17. The van der Waals surface area contributed by atoms with Gasteiger partial charge in [-0.1, -0.05) is 142 Å². The van der Waals surface area contributed by atoms with Gasteiger partial charge in [0.05, 0.1) is 26.1 Å². The fraction of sp³-hybridized carbons (Fsp3) is 0.769. The number of likely N-dealkylation sites (N-methyl/N-ethyl adjacent to an activating group) is 1. The number of aromatic hydroxyl groups is 1.